The van der Waals surface area contributed by atoms with Gasteiger partial charge in [-0.2, -0.15) is 0 Å². The molecule has 1 aromatic heterocycles. The monoisotopic (exact) mass is 229 g/mol. The largest absolute Gasteiger partial charge is 0.351 e. The highest BCUT2D eigenvalue weighted by Crippen LogP contribution is 2.17. The van der Waals surface area contributed by atoms with Crippen molar-refractivity contribution in [3.8, 4) is 0 Å². The van der Waals surface area contributed by atoms with Crippen LogP contribution in [0.25, 0.3) is 0 Å². The molecule has 0 saturated heterocycles. The SMILES string of the molecule is CCC(C)CNC(=O)c1cc(S)cs1. The van der Waals surface area contributed by atoms with E-state index in [9.17, 15) is 4.79 Å². The van der Waals surface area contributed by atoms with E-state index in [1.54, 1.807) is 6.07 Å². The molecule has 0 aliphatic heterocycles. The van der Waals surface area contributed by atoms with Crippen molar-refractivity contribution in [2.24, 2.45) is 5.92 Å². The van der Waals surface area contributed by atoms with Gasteiger partial charge in [0.25, 0.3) is 5.91 Å². The van der Waals surface area contributed by atoms with E-state index in [0.717, 1.165) is 22.7 Å². The van der Waals surface area contributed by atoms with Gasteiger partial charge in [-0.15, -0.1) is 24.0 Å². The van der Waals surface area contributed by atoms with Crippen molar-refractivity contribution in [3.63, 3.8) is 0 Å². The zero-order chi connectivity index (χ0) is 10.6. The molecule has 1 N–H and O–H groups in total. The Morgan fingerprint density at radius 2 is 2.43 bits per heavy atom. The third-order valence-electron chi connectivity index (χ3n) is 2.12. The number of thiophene rings is 1. The zero-order valence-electron chi connectivity index (χ0n) is 8.41. The van der Waals surface area contributed by atoms with Gasteiger partial charge in [-0.25, -0.2) is 0 Å². The van der Waals surface area contributed by atoms with Crippen LogP contribution in [-0.4, -0.2) is 12.5 Å². The minimum Gasteiger partial charge on any atom is -0.351 e. The maximum absolute atomic E-state index is 11.5. The van der Waals surface area contributed by atoms with Crippen LogP contribution in [0.2, 0.25) is 0 Å². The van der Waals surface area contributed by atoms with Crippen molar-refractivity contribution in [2.75, 3.05) is 6.54 Å². The van der Waals surface area contributed by atoms with E-state index in [1.807, 2.05) is 5.38 Å². The van der Waals surface area contributed by atoms with Gasteiger partial charge in [-0.1, -0.05) is 20.3 Å². The molecule has 0 aliphatic rings. The van der Waals surface area contributed by atoms with Gasteiger partial charge in [0.1, 0.15) is 0 Å². The number of carbonyl (C=O) groups is 1. The predicted molar refractivity (Wildman–Crippen MR) is 63.4 cm³/mol. The van der Waals surface area contributed by atoms with E-state index in [-0.39, 0.29) is 5.91 Å². The minimum absolute atomic E-state index is 0.00981. The molecular weight excluding hydrogens is 214 g/mol. The van der Waals surface area contributed by atoms with Crippen molar-refractivity contribution in [1.29, 1.82) is 0 Å². The second-order valence-electron chi connectivity index (χ2n) is 3.39. The summed E-state index contributed by atoms with van der Waals surface area (Å²) in [5.41, 5.74) is 0. The van der Waals surface area contributed by atoms with Crippen LogP contribution in [0.4, 0.5) is 0 Å². The third-order valence-corrected chi connectivity index (χ3v) is 3.48. The molecule has 0 saturated carbocycles. The lowest BCUT2D eigenvalue weighted by Crippen LogP contribution is -2.27. The number of hydrogen-bond acceptors (Lipinski definition) is 3. The van der Waals surface area contributed by atoms with Gasteiger partial charge in [0, 0.05) is 16.8 Å². The van der Waals surface area contributed by atoms with Gasteiger partial charge in [0.15, 0.2) is 0 Å². The van der Waals surface area contributed by atoms with Crippen LogP contribution in [0.5, 0.6) is 0 Å². The molecule has 0 aromatic carbocycles. The number of carbonyl (C=O) groups excluding carboxylic acids is 1. The van der Waals surface area contributed by atoms with E-state index in [0.29, 0.717) is 5.92 Å². The van der Waals surface area contributed by atoms with E-state index in [4.69, 9.17) is 0 Å². The average molecular weight is 229 g/mol. The molecule has 0 aliphatic carbocycles. The summed E-state index contributed by atoms with van der Waals surface area (Å²) in [6.45, 7) is 4.99. The summed E-state index contributed by atoms with van der Waals surface area (Å²) in [5.74, 6) is 0.546. The molecule has 0 fully saturated rings. The quantitative estimate of drug-likeness (QED) is 0.764. The van der Waals surface area contributed by atoms with Crippen molar-refractivity contribution in [1.82, 2.24) is 5.32 Å². The Hall–Kier alpha value is -0.480. The summed E-state index contributed by atoms with van der Waals surface area (Å²) in [6.07, 6.45) is 1.09. The normalized spacial score (nSPS) is 12.5. The molecule has 1 atom stereocenters. The maximum Gasteiger partial charge on any atom is 0.261 e. The summed E-state index contributed by atoms with van der Waals surface area (Å²) in [7, 11) is 0. The molecule has 78 valence electrons. The van der Waals surface area contributed by atoms with Gasteiger partial charge in [-0.05, 0) is 12.0 Å². The van der Waals surface area contributed by atoms with Crippen molar-refractivity contribution >= 4 is 29.9 Å². The van der Waals surface area contributed by atoms with Gasteiger partial charge >= 0.3 is 0 Å². The first kappa shape index (κ1) is 11.6. The fourth-order valence-electron chi connectivity index (χ4n) is 0.944. The first-order valence-electron chi connectivity index (χ1n) is 4.69. The zero-order valence-corrected chi connectivity index (χ0v) is 10.1. The fraction of sp³-hybridized carbons (Fsp3) is 0.500. The molecule has 1 amide bonds. The highest BCUT2D eigenvalue weighted by molar-refractivity contribution is 7.80. The topological polar surface area (TPSA) is 29.1 Å². The summed E-state index contributed by atoms with van der Waals surface area (Å²) < 4.78 is 0. The second-order valence-corrected chi connectivity index (χ2v) is 4.82. The molecule has 2 nitrogen and oxygen atoms in total. The van der Waals surface area contributed by atoms with Crippen LogP contribution in [0.3, 0.4) is 0 Å². The summed E-state index contributed by atoms with van der Waals surface area (Å²) >= 11 is 5.59. The van der Waals surface area contributed by atoms with Gasteiger partial charge in [-0.3, -0.25) is 4.79 Å². The molecule has 1 aromatic rings. The molecule has 4 heteroatoms. The van der Waals surface area contributed by atoms with E-state index in [2.05, 4.69) is 31.8 Å². The van der Waals surface area contributed by atoms with Crippen molar-refractivity contribution < 1.29 is 4.79 Å². The van der Waals surface area contributed by atoms with Gasteiger partial charge in [0.05, 0.1) is 4.88 Å². The van der Waals surface area contributed by atoms with Crippen molar-refractivity contribution in [2.45, 2.75) is 25.2 Å². The second kappa shape index (κ2) is 5.41. The van der Waals surface area contributed by atoms with Gasteiger partial charge < -0.3 is 5.32 Å². The van der Waals surface area contributed by atoms with E-state index < -0.39 is 0 Å². The Kier molecular flexibility index (Phi) is 4.48. The summed E-state index contributed by atoms with van der Waals surface area (Å²) in [4.78, 5) is 13.1. The fourth-order valence-corrected chi connectivity index (χ4v) is 2.01. The van der Waals surface area contributed by atoms with Crippen LogP contribution < -0.4 is 5.32 Å². The van der Waals surface area contributed by atoms with Crippen LogP contribution in [0, 0.1) is 5.92 Å². The highest BCUT2D eigenvalue weighted by atomic mass is 32.1. The number of thiol groups is 1. The highest BCUT2D eigenvalue weighted by Gasteiger charge is 2.08. The van der Waals surface area contributed by atoms with Gasteiger partial charge in [0.2, 0.25) is 0 Å². The maximum atomic E-state index is 11.5. The van der Waals surface area contributed by atoms with Crippen LogP contribution >= 0.6 is 24.0 Å². The van der Waals surface area contributed by atoms with E-state index >= 15 is 0 Å². The standard InChI is InChI=1S/C10H15NOS2/c1-3-7(2)5-11-10(12)9-4-8(13)6-14-9/h4,6-7,13H,3,5H2,1-2H3,(H,11,12). The van der Waals surface area contributed by atoms with Crippen LogP contribution in [-0.2, 0) is 0 Å². The number of amides is 1. The van der Waals surface area contributed by atoms with E-state index in [1.165, 1.54) is 11.3 Å². The third kappa shape index (κ3) is 3.35. The predicted octanol–water partition coefficient (Wildman–Crippen LogP) is 2.81. The Balaban J connectivity index is 2.43. The molecular formula is C10H15NOS2. The molecule has 0 radical (unpaired) electrons. The summed E-state index contributed by atoms with van der Waals surface area (Å²) in [6, 6.07) is 1.79. The lowest BCUT2D eigenvalue weighted by Gasteiger charge is -2.08. The Morgan fingerprint density at radius 1 is 1.71 bits per heavy atom. The number of rotatable bonds is 4. The molecule has 14 heavy (non-hydrogen) atoms. The number of nitrogens with one attached hydrogen (secondary N) is 1. The van der Waals surface area contributed by atoms with Crippen LogP contribution in [0.15, 0.2) is 16.3 Å². The smallest absolute Gasteiger partial charge is 0.261 e. The van der Waals surface area contributed by atoms with Crippen molar-refractivity contribution in [3.05, 3.63) is 16.3 Å². The average Bonchev–Trinajstić information content (AvgIpc) is 2.60. The molecule has 0 spiro atoms. The molecule has 0 bridgehead atoms. The number of hydrogen-bond donors (Lipinski definition) is 2. The summed E-state index contributed by atoms with van der Waals surface area (Å²) in [5, 5.41) is 4.76. The molecule has 1 unspecified atom stereocenters. The first-order valence-corrected chi connectivity index (χ1v) is 6.01. The Morgan fingerprint density at radius 3 is 2.93 bits per heavy atom. The minimum atomic E-state index is 0.00981. The lowest BCUT2D eigenvalue weighted by molar-refractivity contribution is 0.0952. The lowest BCUT2D eigenvalue weighted by atomic mass is 10.1. The molecule has 1 heterocycles. The Labute approximate surface area is 94.1 Å². The molecule has 1 rings (SSSR count). The Bertz CT molecular complexity index is 309. The van der Waals surface area contributed by atoms with Crippen LogP contribution in [0.1, 0.15) is 29.9 Å². The first-order chi connectivity index (χ1) is 6.63.